The Morgan fingerprint density at radius 1 is 1.15 bits per heavy atom. The number of hydrogen-bond donors (Lipinski definition) is 2. The van der Waals surface area contributed by atoms with Gasteiger partial charge in [-0.3, -0.25) is 0 Å². The van der Waals surface area contributed by atoms with Crippen LogP contribution in [0.15, 0.2) is 57.9 Å². The molecule has 0 spiro atoms. The number of fused-ring (bicyclic) bond motifs is 1. The van der Waals surface area contributed by atoms with Gasteiger partial charge in [-0.2, -0.15) is 0 Å². The first-order valence-electron chi connectivity index (χ1n) is 7.72. The lowest BCUT2D eigenvalue weighted by molar-refractivity contribution is -0.274. The van der Waals surface area contributed by atoms with E-state index >= 15 is 0 Å². The molecule has 2 aromatic carbocycles. The van der Waals surface area contributed by atoms with E-state index in [0.29, 0.717) is 5.76 Å². The van der Waals surface area contributed by atoms with Crippen LogP contribution in [0.2, 0.25) is 0 Å². The van der Waals surface area contributed by atoms with Gasteiger partial charge in [0.25, 0.3) is 0 Å². The summed E-state index contributed by atoms with van der Waals surface area (Å²) in [6.07, 6.45) is -4.80. The highest BCUT2D eigenvalue weighted by Gasteiger charge is 2.32. The number of aliphatic imine (C=N–C) groups is 1. The van der Waals surface area contributed by atoms with Gasteiger partial charge in [0.1, 0.15) is 17.9 Å². The summed E-state index contributed by atoms with van der Waals surface area (Å²) in [6, 6.07) is 13.1. The van der Waals surface area contributed by atoms with Crippen LogP contribution in [0.3, 0.4) is 0 Å². The topological polar surface area (TPSA) is 72.8 Å². The van der Waals surface area contributed by atoms with E-state index in [1.165, 1.54) is 18.2 Å². The number of halogens is 3. The summed E-state index contributed by atoms with van der Waals surface area (Å²) in [4.78, 5) is 4.14. The van der Waals surface area contributed by atoms with Crippen molar-refractivity contribution in [2.24, 2.45) is 10.7 Å². The van der Waals surface area contributed by atoms with Crippen molar-refractivity contribution in [3.05, 3.63) is 59.9 Å². The Morgan fingerprint density at radius 2 is 1.85 bits per heavy atom. The Bertz CT molecular complexity index is 948. The number of guanidine groups is 1. The molecule has 5 nitrogen and oxygen atoms in total. The van der Waals surface area contributed by atoms with Gasteiger partial charge >= 0.3 is 6.36 Å². The van der Waals surface area contributed by atoms with Crippen LogP contribution >= 0.6 is 0 Å². The van der Waals surface area contributed by atoms with Crippen LogP contribution in [0, 0.1) is 6.92 Å². The zero-order valence-electron chi connectivity index (χ0n) is 13.8. The zero-order chi connectivity index (χ0) is 18.7. The van der Waals surface area contributed by atoms with Crippen LogP contribution in [-0.4, -0.2) is 12.3 Å². The smallest absolute Gasteiger partial charge is 0.459 e. The molecule has 0 bridgehead atoms. The minimum atomic E-state index is -4.80. The Morgan fingerprint density at radius 3 is 2.58 bits per heavy atom. The van der Waals surface area contributed by atoms with Gasteiger partial charge in [-0.1, -0.05) is 30.3 Å². The van der Waals surface area contributed by atoms with Crippen molar-refractivity contribution in [1.82, 2.24) is 0 Å². The molecule has 0 aliphatic heterocycles. The molecule has 3 N–H and O–H groups in total. The number of ether oxygens (including phenoxy) is 1. The minimum Gasteiger partial charge on any atom is -0.459 e. The summed E-state index contributed by atoms with van der Waals surface area (Å²) in [5, 5.41) is 3.60. The third-order valence-electron chi connectivity index (χ3n) is 3.71. The van der Waals surface area contributed by atoms with E-state index in [1.807, 2.05) is 31.2 Å². The standard InChI is InChI=1S/C18H16F3N3O2/c1-11-12-6-2-4-8-14(12)25-16(11)10-23-17(22)24-13-7-3-5-9-15(13)26-18(19,20)21/h2-9H,10H2,1H3,(H3,22,23,24). The lowest BCUT2D eigenvalue weighted by Crippen LogP contribution is -2.24. The molecule has 136 valence electrons. The number of nitrogens with two attached hydrogens (primary N) is 1. The van der Waals surface area contributed by atoms with E-state index < -0.39 is 12.1 Å². The fourth-order valence-electron chi connectivity index (χ4n) is 2.49. The molecular formula is C18H16F3N3O2. The average molecular weight is 363 g/mol. The number of nitrogens with one attached hydrogen (secondary N) is 1. The maximum atomic E-state index is 12.5. The molecule has 26 heavy (non-hydrogen) atoms. The first-order chi connectivity index (χ1) is 12.3. The van der Waals surface area contributed by atoms with E-state index in [1.54, 1.807) is 6.07 Å². The molecule has 0 atom stereocenters. The van der Waals surface area contributed by atoms with Crippen LogP contribution in [0.25, 0.3) is 11.0 Å². The molecule has 3 rings (SSSR count). The second kappa shape index (κ2) is 6.99. The Kier molecular flexibility index (Phi) is 4.75. The summed E-state index contributed by atoms with van der Waals surface area (Å²) < 4.78 is 47.0. The summed E-state index contributed by atoms with van der Waals surface area (Å²) in [5.74, 6) is 0.192. The van der Waals surface area contributed by atoms with Crippen LogP contribution in [0.1, 0.15) is 11.3 Å². The quantitative estimate of drug-likeness (QED) is 0.526. The number of furan rings is 1. The lowest BCUT2D eigenvalue weighted by Gasteiger charge is -2.14. The van der Waals surface area contributed by atoms with Crippen molar-refractivity contribution in [1.29, 1.82) is 0 Å². The second-order valence-electron chi connectivity index (χ2n) is 5.52. The fourth-order valence-corrected chi connectivity index (χ4v) is 2.49. The Balaban J connectivity index is 1.76. The van der Waals surface area contributed by atoms with Crippen molar-refractivity contribution >= 4 is 22.6 Å². The number of para-hydroxylation sites is 3. The molecule has 0 unspecified atom stereocenters. The molecule has 0 saturated heterocycles. The third-order valence-corrected chi connectivity index (χ3v) is 3.71. The summed E-state index contributed by atoms with van der Waals surface area (Å²) in [7, 11) is 0. The molecule has 0 amide bonds. The number of benzene rings is 2. The summed E-state index contributed by atoms with van der Waals surface area (Å²) in [5.41, 5.74) is 7.54. The predicted octanol–water partition coefficient (Wildman–Crippen LogP) is 4.57. The summed E-state index contributed by atoms with van der Waals surface area (Å²) in [6.45, 7) is 2.06. The predicted molar refractivity (Wildman–Crippen MR) is 93.0 cm³/mol. The maximum absolute atomic E-state index is 12.5. The molecule has 8 heteroatoms. The molecular weight excluding hydrogens is 347 g/mol. The summed E-state index contributed by atoms with van der Waals surface area (Å²) >= 11 is 0. The normalized spacial score (nSPS) is 12.4. The van der Waals surface area contributed by atoms with Crippen LogP contribution < -0.4 is 15.8 Å². The maximum Gasteiger partial charge on any atom is 0.573 e. The van der Waals surface area contributed by atoms with Gasteiger partial charge in [0.15, 0.2) is 11.7 Å². The number of anilines is 1. The SMILES string of the molecule is Cc1c(CN=C(N)Nc2ccccc2OC(F)(F)F)oc2ccccc12. The van der Waals surface area contributed by atoms with Gasteiger partial charge in [0.05, 0.1) is 5.69 Å². The van der Waals surface area contributed by atoms with Gasteiger partial charge in [-0.15, -0.1) is 13.2 Å². The van der Waals surface area contributed by atoms with Gasteiger partial charge in [-0.05, 0) is 25.1 Å². The Labute approximate surface area is 147 Å². The van der Waals surface area contributed by atoms with E-state index in [9.17, 15) is 13.2 Å². The van der Waals surface area contributed by atoms with Crippen molar-refractivity contribution < 1.29 is 22.3 Å². The van der Waals surface area contributed by atoms with Gasteiger partial charge in [-0.25, -0.2) is 4.99 Å². The highest BCUT2D eigenvalue weighted by Crippen LogP contribution is 2.30. The number of rotatable bonds is 4. The zero-order valence-corrected chi connectivity index (χ0v) is 13.8. The largest absolute Gasteiger partial charge is 0.573 e. The average Bonchev–Trinajstić information content (AvgIpc) is 2.90. The Hall–Kier alpha value is -3.16. The van der Waals surface area contributed by atoms with Crippen molar-refractivity contribution in [3.63, 3.8) is 0 Å². The van der Waals surface area contributed by atoms with Gasteiger partial charge in [0.2, 0.25) is 0 Å². The molecule has 1 aromatic heterocycles. The monoisotopic (exact) mass is 363 g/mol. The van der Waals surface area contributed by atoms with E-state index in [2.05, 4.69) is 15.0 Å². The van der Waals surface area contributed by atoms with Crippen LogP contribution in [-0.2, 0) is 6.54 Å². The molecule has 0 fully saturated rings. The second-order valence-corrected chi connectivity index (χ2v) is 5.52. The van der Waals surface area contributed by atoms with Crippen molar-refractivity contribution in [2.45, 2.75) is 19.8 Å². The third kappa shape index (κ3) is 4.08. The van der Waals surface area contributed by atoms with Crippen LogP contribution in [0.4, 0.5) is 18.9 Å². The van der Waals surface area contributed by atoms with Gasteiger partial charge < -0.3 is 20.2 Å². The molecule has 3 aromatic rings. The van der Waals surface area contributed by atoms with Crippen molar-refractivity contribution in [2.75, 3.05) is 5.32 Å². The van der Waals surface area contributed by atoms with Crippen LogP contribution in [0.5, 0.6) is 5.75 Å². The van der Waals surface area contributed by atoms with Crippen molar-refractivity contribution in [3.8, 4) is 5.75 Å². The molecule has 0 aliphatic rings. The number of alkyl halides is 3. The molecule has 1 heterocycles. The minimum absolute atomic E-state index is 0.0527. The van der Waals surface area contributed by atoms with E-state index in [0.717, 1.165) is 16.5 Å². The molecule has 0 aliphatic carbocycles. The first-order valence-corrected chi connectivity index (χ1v) is 7.72. The first kappa shape index (κ1) is 17.7. The molecule has 0 saturated carbocycles. The van der Waals surface area contributed by atoms with Gasteiger partial charge in [0, 0.05) is 10.9 Å². The van der Waals surface area contributed by atoms with E-state index in [-0.39, 0.29) is 18.2 Å². The van der Waals surface area contributed by atoms with E-state index in [4.69, 9.17) is 10.2 Å². The number of nitrogens with zero attached hydrogens (tertiary/aromatic N) is 1. The lowest BCUT2D eigenvalue weighted by atomic mass is 10.1. The highest BCUT2D eigenvalue weighted by molar-refractivity contribution is 5.93. The number of hydrogen-bond acceptors (Lipinski definition) is 3. The number of aryl methyl sites for hydroxylation is 1. The molecule has 0 radical (unpaired) electrons. The highest BCUT2D eigenvalue weighted by atomic mass is 19.4. The fraction of sp³-hybridized carbons (Fsp3) is 0.167.